The summed E-state index contributed by atoms with van der Waals surface area (Å²) in [7, 11) is 0. The molecule has 0 aromatic heterocycles. The van der Waals surface area contributed by atoms with E-state index in [1.165, 1.54) is 31.7 Å². The monoisotopic (exact) mass is 234 g/mol. The fourth-order valence-electron chi connectivity index (χ4n) is 3.87. The molecule has 3 N–H and O–H groups in total. The molecule has 3 heteroatoms. The van der Waals surface area contributed by atoms with E-state index in [1.54, 1.807) is 6.07 Å². The van der Waals surface area contributed by atoms with E-state index in [9.17, 15) is 4.39 Å². The standard InChI is InChI=1S/C14H19FN2/c15-13-4-2-1-3-11(13)14(17-16)12-8-9-5-6-10(12)7-9/h1-4,9-10,12,14,17H,5-8,16H2. The molecule has 2 nitrogen and oxygen atoms in total. The van der Waals surface area contributed by atoms with Crippen molar-refractivity contribution >= 4 is 0 Å². The Hall–Kier alpha value is -0.930. The summed E-state index contributed by atoms with van der Waals surface area (Å²) in [5.74, 6) is 7.63. The van der Waals surface area contributed by atoms with Gasteiger partial charge in [0.05, 0.1) is 6.04 Å². The quantitative estimate of drug-likeness (QED) is 0.623. The predicted molar refractivity (Wildman–Crippen MR) is 65.4 cm³/mol. The van der Waals surface area contributed by atoms with Crippen LogP contribution in [0, 0.1) is 23.6 Å². The molecule has 2 aliphatic carbocycles. The summed E-state index contributed by atoms with van der Waals surface area (Å²) < 4.78 is 13.8. The van der Waals surface area contributed by atoms with Gasteiger partial charge in [0.2, 0.25) is 0 Å². The molecule has 0 spiro atoms. The van der Waals surface area contributed by atoms with Crippen LogP contribution in [0.5, 0.6) is 0 Å². The molecule has 17 heavy (non-hydrogen) atoms. The van der Waals surface area contributed by atoms with Gasteiger partial charge >= 0.3 is 0 Å². The minimum atomic E-state index is -0.141. The number of halogens is 1. The van der Waals surface area contributed by atoms with Gasteiger partial charge in [-0.15, -0.1) is 0 Å². The molecule has 2 fully saturated rings. The van der Waals surface area contributed by atoms with Crippen LogP contribution in [0.4, 0.5) is 4.39 Å². The molecule has 2 saturated carbocycles. The topological polar surface area (TPSA) is 38.0 Å². The van der Waals surface area contributed by atoms with Gasteiger partial charge < -0.3 is 0 Å². The Labute approximate surface area is 101 Å². The van der Waals surface area contributed by atoms with Crippen LogP contribution >= 0.6 is 0 Å². The van der Waals surface area contributed by atoms with Crippen LogP contribution in [0.3, 0.4) is 0 Å². The molecule has 92 valence electrons. The Morgan fingerprint density at radius 3 is 2.65 bits per heavy atom. The average Bonchev–Trinajstić information content (AvgIpc) is 2.95. The van der Waals surface area contributed by atoms with Crippen molar-refractivity contribution in [1.82, 2.24) is 5.43 Å². The van der Waals surface area contributed by atoms with Gasteiger partial charge in [0, 0.05) is 5.56 Å². The van der Waals surface area contributed by atoms with Gasteiger partial charge in [-0.3, -0.25) is 11.3 Å². The molecule has 0 heterocycles. The number of nitrogens with one attached hydrogen (secondary N) is 1. The van der Waals surface area contributed by atoms with E-state index >= 15 is 0 Å². The summed E-state index contributed by atoms with van der Waals surface area (Å²) in [5, 5.41) is 0. The Morgan fingerprint density at radius 2 is 2.06 bits per heavy atom. The molecular weight excluding hydrogens is 215 g/mol. The molecule has 2 aliphatic rings. The Kier molecular flexibility index (Phi) is 2.89. The second kappa shape index (κ2) is 4.39. The summed E-state index contributed by atoms with van der Waals surface area (Å²) in [6.45, 7) is 0. The molecule has 0 radical (unpaired) electrons. The minimum absolute atomic E-state index is 0.0218. The Morgan fingerprint density at radius 1 is 1.24 bits per heavy atom. The highest BCUT2D eigenvalue weighted by Gasteiger charge is 2.43. The maximum Gasteiger partial charge on any atom is 0.128 e. The molecule has 0 aliphatic heterocycles. The molecule has 4 unspecified atom stereocenters. The molecule has 4 atom stereocenters. The van der Waals surface area contributed by atoms with Gasteiger partial charge in [-0.1, -0.05) is 24.6 Å². The van der Waals surface area contributed by atoms with E-state index in [0.29, 0.717) is 5.92 Å². The number of nitrogens with two attached hydrogens (primary N) is 1. The van der Waals surface area contributed by atoms with Gasteiger partial charge in [-0.05, 0) is 43.1 Å². The van der Waals surface area contributed by atoms with Crippen molar-refractivity contribution in [3.05, 3.63) is 35.6 Å². The second-order valence-electron chi connectivity index (χ2n) is 5.50. The van der Waals surface area contributed by atoms with E-state index in [4.69, 9.17) is 5.84 Å². The lowest BCUT2D eigenvalue weighted by Crippen LogP contribution is -2.36. The van der Waals surface area contributed by atoms with Crippen LogP contribution in [0.25, 0.3) is 0 Å². The summed E-state index contributed by atoms with van der Waals surface area (Å²) in [5.41, 5.74) is 3.58. The maximum absolute atomic E-state index is 13.8. The van der Waals surface area contributed by atoms with Crippen molar-refractivity contribution in [1.29, 1.82) is 0 Å². The average molecular weight is 234 g/mol. The lowest BCUT2D eigenvalue weighted by atomic mass is 9.80. The summed E-state index contributed by atoms with van der Waals surface area (Å²) >= 11 is 0. The molecule has 2 bridgehead atoms. The third-order valence-electron chi connectivity index (χ3n) is 4.64. The lowest BCUT2D eigenvalue weighted by molar-refractivity contribution is 0.248. The van der Waals surface area contributed by atoms with Crippen molar-refractivity contribution in [2.75, 3.05) is 0 Å². The molecule has 1 aromatic carbocycles. The van der Waals surface area contributed by atoms with Crippen molar-refractivity contribution < 1.29 is 4.39 Å². The first-order valence-electron chi connectivity index (χ1n) is 6.50. The molecular formula is C14H19FN2. The van der Waals surface area contributed by atoms with Crippen molar-refractivity contribution in [2.24, 2.45) is 23.6 Å². The summed E-state index contributed by atoms with van der Waals surface area (Å²) in [6, 6.07) is 6.97. The van der Waals surface area contributed by atoms with Gasteiger partial charge in [0.25, 0.3) is 0 Å². The van der Waals surface area contributed by atoms with Gasteiger partial charge in [-0.25, -0.2) is 4.39 Å². The van der Waals surface area contributed by atoms with E-state index in [1.807, 2.05) is 12.1 Å². The number of fused-ring (bicyclic) bond motifs is 2. The summed E-state index contributed by atoms with van der Waals surface area (Å²) in [4.78, 5) is 0. The molecule has 1 aromatic rings. The van der Waals surface area contributed by atoms with E-state index in [-0.39, 0.29) is 11.9 Å². The molecule has 0 saturated heterocycles. The smallest absolute Gasteiger partial charge is 0.128 e. The number of hydrazine groups is 1. The maximum atomic E-state index is 13.8. The van der Waals surface area contributed by atoms with Gasteiger partial charge in [0.1, 0.15) is 5.82 Å². The second-order valence-corrected chi connectivity index (χ2v) is 5.50. The minimum Gasteiger partial charge on any atom is -0.271 e. The fourth-order valence-corrected chi connectivity index (χ4v) is 3.87. The highest BCUT2D eigenvalue weighted by molar-refractivity contribution is 5.22. The third-order valence-corrected chi connectivity index (χ3v) is 4.64. The van der Waals surface area contributed by atoms with Crippen LogP contribution in [-0.2, 0) is 0 Å². The van der Waals surface area contributed by atoms with Crippen LogP contribution < -0.4 is 11.3 Å². The highest BCUT2D eigenvalue weighted by atomic mass is 19.1. The van der Waals surface area contributed by atoms with Crippen LogP contribution in [0.15, 0.2) is 24.3 Å². The van der Waals surface area contributed by atoms with Crippen LogP contribution in [0.1, 0.15) is 37.3 Å². The zero-order chi connectivity index (χ0) is 11.8. The van der Waals surface area contributed by atoms with E-state index in [2.05, 4.69) is 5.43 Å². The number of hydrogen-bond donors (Lipinski definition) is 2. The first-order valence-corrected chi connectivity index (χ1v) is 6.50. The number of rotatable bonds is 3. The normalized spacial score (nSPS) is 32.9. The van der Waals surface area contributed by atoms with Gasteiger partial charge in [0.15, 0.2) is 0 Å². The largest absolute Gasteiger partial charge is 0.271 e. The molecule has 0 amide bonds. The van der Waals surface area contributed by atoms with Crippen molar-refractivity contribution in [3.63, 3.8) is 0 Å². The summed E-state index contributed by atoms with van der Waals surface area (Å²) in [6.07, 6.45) is 5.17. The SMILES string of the molecule is NNC(c1ccccc1F)C1CC2CCC1C2. The van der Waals surface area contributed by atoms with Crippen LogP contribution in [0.2, 0.25) is 0 Å². The lowest BCUT2D eigenvalue weighted by Gasteiger charge is -2.30. The van der Waals surface area contributed by atoms with Crippen molar-refractivity contribution in [2.45, 2.75) is 31.7 Å². The number of hydrogen-bond acceptors (Lipinski definition) is 2. The zero-order valence-corrected chi connectivity index (χ0v) is 9.90. The first kappa shape index (κ1) is 11.2. The van der Waals surface area contributed by atoms with E-state index in [0.717, 1.165) is 17.4 Å². The first-order chi connectivity index (χ1) is 8.29. The zero-order valence-electron chi connectivity index (χ0n) is 9.90. The molecule has 3 rings (SSSR count). The van der Waals surface area contributed by atoms with E-state index < -0.39 is 0 Å². The highest BCUT2D eigenvalue weighted by Crippen LogP contribution is 2.52. The Balaban J connectivity index is 1.87. The predicted octanol–water partition coefficient (Wildman–Crippen LogP) is 2.77. The van der Waals surface area contributed by atoms with Crippen LogP contribution in [-0.4, -0.2) is 0 Å². The van der Waals surface area contributed by atoms with Gasteiger partial charge in [-0.2, -0.15) is 0 Å². The third kappa shape index (κ3) is 1.87. The Bertz CT molecular complexity index is 407. The number of benzene rings is 1. The van der Waals surface area contributed by atoms with Crippen molar-refractivity contribution in [3.8, 4) is 0 Å². The fraction of sp³-hybridized carbons (Fsp3) is 0.571.